The Morgan fingerprint density at radius 1 is 0.930 bits per heavy atom. The fraction of sp³-hybridized carbons (Fsp3) is 0.212. The number of benzene rings is 3. The van der Waals surface area contributed by atoms with Gasteiger partial charge in [-0.25, -0.2) is 4.98 Å². The van der Waals surface area contributed by atoms with Gasteiger partial charge in [-0.2, -0.15) is 13.2 Å². The number of amides is 1. The van der Waals surface area contributed by atoms with Gasteiger partial charge in [-0.3, -0.25) is 4.79 Å². The SMILES string of the molecule is Cc1ccc(NC(=O)c2ccc(N3CCN(C)CC3)c(C(F)(F)F)c2)cc1-c1ccc2ccn(-c3ccnc(N)c3)c2c1. The van der Waals surface area contributed by atoms with E-state index in [9.17, 15) is 18.0 Å². The van der Waals surface area contributed by atoms with Crippen molar-refractivity contribution in [3.63, 3.8) is 0 Å². The molecule has 43 heavy (non-hydrogen) atoms. The molecule has 2 aromatic heterocycles. The zero-order valence-electron chi connectivity index (χ0n) is 23.8. The summed E-state index contributed by atoms with van der Waals surface area (Å²) < 4.78 is 44.3. The molecule has 0 spiro atoms. The van der Waals surface area contributed by atoms with Crippen molar-refractivity contribution in [1.82, 2.24) is 14.5 Å². The quantitative estimate of drug-likeness (QED) is 0.243. The number of rotatable bonds is 5. The first kappa shape index (κ1) is 28.3. The maximum atomic E-state index is 14.1. The molecular formula is C33H31F3N6O. The summed E-state index contributed by atoms with van der Waals surface area (Å²) in [4.78, 5) is 21.1. The van der Waals surface area contributed by atoms with E-state index in [-0.39, 0.29) is 11.3 Å². The molecule has 10 heteroatoms. The number of likely N-dealkylation sites (N-methyl/N-ethyl adjacent to an activating group) is 1. The van der Waals surface area contributed by atoms with E-state index in [4.69, 9.17) is 5.73 Å². The minimum absolute atomic E-state index is 0.0526. The van der Waals surface area contributed by atoms with Crippen molar-refractivity contribution in [3.8, 4) is 16.8 Å². The number of aromatic nitrogens is 2. The van der Waals surface area contributed by atoms with Crippen LogP contribution in [0.4, 0.5) is 30.4 Å². The van der Waals surface area contributed by atoms with Crippen molar-refractivity contribution in [2.24, 2.45) is 0 Å². The maximum Gasteiger partial charge on any atom is 0.418 e. The van der Waals surface area contributed by atoms with Crippen molar-refractivity contribution in [2.45, 2.75) is 13.1 Å². The van der Waals surface area contributed by atoms with Crippen molar-refractivity contribution < 1.29 is 18.0 Å². The summed E-state index contributed by atoms with van der Waals surface area (Å²) in [7, 11) is 1.95. The first-order valence-corrected chi connectivity index (χ1v) is 14.0. The van der Waals surface area contributed by atoms with Crippen LogP contribution in [0, 0.1) is 6.92 Å². The zero-order chi connectivity index (χ0) is 30.3. The van der Waals surface area contributed by atoms with Gasteiger partial charge in [0.1, 0.15) is 5.82 Å². The lowest BCUT2D eigenvalue weighted by Gasteiger charge is -2.35. The summed E-state index contributed by atoms with van der Waals surface area (Å²) in [5.41, 5.74) is 10.3. The minimum Gasteiger partial charge on any atom is -0.384 e. The van der Waals surface area contributed by atoms with Gasteiger partial charge in [0.25, 0.3) is 5.91 Å². The molecule has 1 aliphatic rings. The lowest BCUT2D eigenvalue weighted by molar-refractivity contribution is -0.137. The molecule has 0 saturated carbocycles. The first-order chi connectivity index (χ1) is 20.6. The van der Waals surface area contributed by atoms with Gasteiger partial charge in [-0.1, -0.05) is 18.2 Å². The topological polar surface area (TPSA) is 79.4 Å². The molecule has 0 bridgehead atoms. The van der Waals surface area contributed by atoms with Crippen LogP contribution in [0.15, 0.2) is 85.2 Å². The monoisotopic (exact) mass is 584 g/mol. The summed E-state index contributed by atoms with van der Waals surface area (Å²) in [6.07, 6.45) is -0.963. The number of anilines is 3. The predicted octanol–water partition coefficient (Wildman–Crippen LogP) is 6.61. The van der Waals surface area contributed by atoms with Crippen LogP contribution < -0.4 is 16.0 Å². The Bertz CT molecular complexity index is 1820. The second-order valence-corrected chi connectivity index (χ2v) is 10.9. The number of hydrogen-bond donors (Lipinski definition) is 2. The number of halogens is 3. The van der Waals surface area contributed by atoms with Crippen molar-refractivity contribution >= 4 is 34.0 Å². The van der Waals surface area contributed by atoms with Crippen LogP contribution in [0.5, 0.6) is 0 Å². The fourth-order valence-electron chi connectivity index (χ4n) is 5.55. The third-order valence-electron chi connectivity index (χ3n) is 7.95. The molecule has 0 radical (unpaired) electrons. The summed E-state index contributed by atoms with van der Waals surface area (Å²) in [6.45, 7) is 4.30. The molecular weight excluding hydrogens is 553 g/mol. The highest BCUT2D eigenvalue weighted by Crippen LogP contribution is 2.38. The normalized spacial score (nSPS) is 14.3. The highest BCUT2D eigenvalue weighted by atomic mass is 19.4. The van der Waals surface area contributed by atoms with Gasteiger partial charge >= 0.3 is 6.18 Å². The number of nitrogens with two attached hydrogens (primary N) is 1. The Hall–Kier alpha value is -4.83. The van der Waals surface area contributed by atoms with E-state index in [1.165, 1.54) is 12.1 Å². The predicted molar refractivity (Wildman–Crippen MR) is 165 cm³/mol. The number of nitrogens with zero attached hydrogens (tertiary/aromatic N) is 4. The van der Waals surface area contributed by atoms with E-state index in [0.29, 0.717) is 37.7 Å². The number of nitrogens with one attached hydrogen (secondary N) is 1. The number of hydrogen-bond acceptors (Lipinski definition) is 5. The van der Waals surface area contributed by atoms with Gasteiger partial charge in [0.2, 0.25) is 0 Å². The largest absolute Gasteiger partial charge is 0.418 e. The van der Waals surface area contributed by atoms with E-state index in [1.54, 1.807) is 23.2 Å². The van der Waals surface area contributed by atoms with Gasteiger partial charge in [-0.15, -0.1) is 0 Å². The highest BCUT2D eigenvalue weighted by molar-refractivity contribution is 6.05. The van der Waals surface area contributed by atoms with Gasteiger partial charge in [0.15, 0.2) is 0 Å². The van der Waals surface area contributed by atoms with E-state index in [2.05, 4.69) is 21.3 Å². The van der Waals surface area contributed by atoms with E-state index in [1.807, 2.05) is 61.1 Å². The zero-order valence-corrected chi connectivity index (χ0v) is 23.8. The van der Waals surface area contributed by atoms with Crippen LogP contribution in [0.3, 0.4) is 0 Å². The Kier molecular flexibility index (Phi) is 7.31. The number of pyridine rings is 1. The second kappa shape index (κ2) is 11.1. The molecule has 220 valence electrons. The van der Waals surface area contributed by atoms with E-state index < -0.39 is 17.6 Å². The molecule has 3 N–H and O–H groups in total. The lowest BCUT2D eigenvalue weighted by Crippen LogP contribution is -2.45. The van der Waals surface area contributed by atoms with E-state index in [0.717, 1.165) is 39.3 Å². The number of nitrogen functional groups attached to an aromatic ring is 1. The number of piperazine rings is 1. The molecule has 0 unspecified atom stereocenters. The van der Waals surface area contributed by atoms with Crippen molar-refractivity contribution in [2.75, 3.05) is 49.2 Å². The Labute approximate surface area is 247 Å². The summed E-state index contributed by atoms with van der Waals surface area (Å²) in [5, 5.41) is 3.85. The van der Waals surface area contributed by atoms with Crippen LogP contribution >= 0.6 is 0 Å². The number of alkyl halides is 3. The van der Waals surface area contributed by atoms with Crippen LogP contribution in [-0.2, 0) is 6.18 Å². The summed E-state index contributed by atoms with van der Waals surface area (Å²) in [6, 6.07) is 21.1. The molecule has 5 aromatic rings. The summed E-state index contributed by atoms with van der Waals surface area (Å²) in [5.74, 6) is -0.184. The number of aryl methyl sites for hydroxylation is 1. The molecule has 3 aromatic carbocycles. The maximum absolute atomic E-state index is 14.1. The molecule has 0 aliphatic carbocycles. The molecule has 6 rings (SSSR count). The van der Waals surface area contributed by atoms with Crippen molar-refractivity contribution in [1.29, 1.82) is 0 Å². The lowest BCUT2D eigenvalue weighted by atomic mass is 9.98. The first-order valence-electron chi connectivity index (χ1n) is 14.0. The average Bonchev–Trinajstić information content (AvgIpc) is 3.41. The fourth-order valence-corrected chi connectivity index (χ4v) is 5.55. The molecule has 3 heterocycles. The number of fused-ring (bicyclic) bond motifs is 1. The van der Waals surface area contributed by atoms with Gasteiger partial charge in [0.05, 0.1) is 16.8 Å². The number of carbonyl (C=O) groups is 1. The van der Waals surface area contributed by atoms with Crippen LogP contribution in [-0.4, -0.2) is 53.6 Å². The van der Waals surface area contributed by atoms with Gasteiger partial charge in [0, 0.05) is 61.6 Å². The van der Waals surface area contributed by atoms with Gasteiger partial charge < -0.3 is 25.4 Å². The van der Waals surface area contributed by atoms with Gasteiger partial charge in [-0.05, 0) is 84.6 Å². The molecule has 0 atom stereocenters. The van der Waals surface area contributed by atoms with Crippen LogP contribution in [0.1, 0.15) is 21.5 Å². The Morgan fingerprint density at radius 3 is 2.47 bits per heavy atom. The standard InChI is InChI=1S/C33H31F3N6O/c1-21-3-7-25(19-27(21)23-5-4-22-10-12-42(30(22)18-23)26-9-11-38-31(37)20-26)39-32(43)24-6-8-29(28(17-24)33(34,35)36)41-15-13-40(2)14-16-41/h3-12,17-20H,13-16H2,1-2H3,(H2,37,38)(H,39,43). The third kappa shape index (κ3) is 5.78. The Morgan fingerprint density at radius 2 is 1.72 bits per heavy atom. The molecule has 1 amide bonds. The van der Waals surface area contributed by atoms with E-state index >= 15 is 0 Å². The van der Waals surface area contributed by atoms with Crippen LogP contribution in [0.25, 0.3) is 27.7 Å². The minimum atomic E-state index is -4.59. The molecule has 1 aliphatic heterocycles. The summed E-state index contributed by atoms with van der Waals surface area (Å²) >= 11 is 0. The smallest absolute Gasteiger partial charge is 0.384 e. The Balaban J connectivity index is 1.29. The third-order valence-corrected chi connectivity index (χ3v) is 7.95. The number of carbonyl (C=O) groups excluding carboxylic acids is 1. The molecule has 1 fully saturated rings. The van der Waals surface area contributed by atoms with Crippen molar-refractivity contribution in [3.05, 3.63) is 102 Å². The highest BCUT2D eigenvalue weighted by Gasteiger charge is 2.36. The second-order valence-electron chi connectivity index (χ2n) is 10.9. The molecule has 7 nitrogen and oxygen atoms in total. The van der Waals surface area contributed by atoms with Crippen LogP contribution in [0.2, 0.25) is 0 Å². The average molecular weight is 585 g/mol. The molecule has 1 saturated heterocycles.